The minimum Gasteiger partial charge on any atom is -0.449 e. The Morgan fingerprint density at radius 2 is 2.07 bits per heavy atom. The van der Waals surface area contributed by atoms with Crippen LogP contribution < -0.4 is 5.32 Å². The second kappa shape index (κ2) is 6.90. The average molecular weight is 383 g/mol. The number of carbonyl (C=O) groups excluding carboxylic acids is 2. The number of nitrogens with one attached hydrogen (secondary N) is 1. The van der Waals surface area contributed by atoms with Gasteiger partial charge in [-0.05, 0) is 48.1 Å². The first kappa shape index (κ1) is 19.0. The van der Waals surface area contributed by atoms with Gasteiger partial charge in [-0.25, -0.2) is 0 Å². The predicted molar refractivity (Wildman–Crippen MR) is 107 cm³/mol. The molecular weight excluding hydrogens is 354 g/mol. The fraction of sp³-hybridized carbons (Fsp3) is 0.591. The molecule has 1 aliphatic carbocycles. The zero-order valence-electron chi connectivity index (χ0n) is 17.0. The molecule has 1 atom stereocenters. The van der Waals surface area contributed by atoms with Crippen molar-refractivity contribution in [1.29, 1.82) is 0 Å². The van der Waals surface area contributed by atoms with E-state index in [2.05, 4.69) is 31.1 Å². The zero-order chi connectivity index (χ0) is 19.9. The van der Waals surface area contributed by atoms with Gasteiger partial charge < -0.3 is 14.6 Å². The van der Waals surface area contributed by atoms with Crippen LogP contribution in [-0.4, -0.2) is 41.3 Å². The Morgan fingerprint density at radius 1 is 1.32 bits per heavy atom. The van der Waals surface area contributed by atoms with Gasteiger partial charge in [-0.2, -0.15) is 0 Å². The molecule has 28 heavy (non-hydrogen) atoms. The Balaban J connectivity index is 1.26. The quantitative estimate of drug-likeness (QED) is 0.875. The lowest BCUT2D eigenvalue weighted by Crippen LogP contribution is -2.41. The summed E-state index contributed by atoms with van der Waals surface area (Å²) in [6, 6.07) is 3.59. The van der Waals surface area contributed by atoms with E-state index in [1.54, 1.807) is 18.5 Å². The van der Waals surface area contributed by atoms with Gasteiger partial charge in [0, 0.05) is 37.6 Å². The first-order chi connectivity index (χ1) is 13.3. The van der Waals surface area contributed by atoms with Crippen LogP contribution in [0.1, 0.15) is 57.0 Å². The van der Waals surface area contributed by atoms with Crippen molar-refractivity contribution in [2.75, 3.05) is 19.6 Å². The number of piperidine rings is 1. The Hall–Kier alpha value is -2.37. The van der Waals surface area contributed by atoms with Crippen LogP contribution in [0.15, 0.2) is 28.9 Å². The molecule has 6 heteroatoms. The summed E-state index contributed by atoms with van der Waals surface area (Å²) in [6.07, 6.45) is 7.13. The van der Waals surface area contributed by atoms with E-state index < -0.39 is 0 Å². The SMILES string of the molecule is CC(C)(C)CC(=O)N1CCC2(CC1)CC2CNC(=O)c1cc2ccncc2o1. The van der Waals surface area contributed by atoms with Crippen LogP contribution in [0.3, 0.4) is 0 Å². The van der Waals surface area contributed by atoms with E-state index in [0.29, 0.717) is 35.6 Å². The second-order valence-electron chi connectivity index (χ2n) is 9.62. The third-order valence-corrected chi connectivity index (χ3v) is 6.21. The first-order valence-electron chi connectivity index (χ1n) is 10.2. The molecule has 2 amide bonds. The summed E-state index contributed by atoms with van der Waals surface area (Å²) in [7, 11) is 0. The molecule has 1 aliphatic heterocycles. The highest BCUT2D eigenvalue weighted by Crippen LogP contribution is 2.59. The molecular formula is C22H29N3O3. The lowest BCUT2D eigenvalue weighted by atomic mass is 9.88. The van der Waals surface area contributed by atoms with E-state index in [1.807, 2.05) is 11.0 Å². The Bertz CT molecular complexity index is 855. The number of nitrogens with zero attached hydrogens (tertiary/aromatic N) is 2. The summed E-state index contributed by atoms with van der Waals surface area (Å²) in [5, 5.41) is 3.91. The smallest absolute Gasteiger partial charge is 0.287 e. The molecule has 2 fully saturated rings. The molecule has 1 saturated carbocycles. The molecule has 0 aromatic carbocycles. The molecule has 2 aliphatic rings. The van der Waals surface area contributed by atoms with Crippen LogP contribution in [-0.2, 0) is 4.79 Å². The highest BCUT2D eigenvalue weighted by atomic mass is 16.3. The van der Waals surface area contributed by atoms with Crippen molar-refractivity contribution in [2.45, 2.75) is 46.5 Å². The molecule has 6 nitrogen and oxygen atoms in total. The van der Waals surface area contributed by atoms with Crippen molar-refractivity contribution in [3.8, 4) is 0 Å². The standard InChI is InChI=1S/C22H29N3O3/c1-21(2,3)12-19(26)25-8-5-22(6-9-25)11-16(22)13-24-20(27)17-10-15-4-7-23-14-18(15)28-17/h4,7,10,14,16H,5-6,8-9,11-13H2,1-3H3,(H,24,27). The number of carbonyl (C=O) groups is 2. The monoisotopic (exact) mass is 383 g/mol. The van der Waals surface area contributed by atoms with Crippen LogP contribution in [0.25, 0.3) is 11.0 Å². The topological polar surface area (TPSA) is 75.4 Å². The Kier molecular flexibility index (Phi) is 4.68. The van der Waals surface area contributed by atoms with Gasteiger partial charge in [0.05, 0.1) is 6.20 Å². The van der Waals surface area contributed by atoms with Crippen LogP contribution in [0.4, 0.5) is 0 Å². The normalized spacial score (nSPS) is 21.1. The number of hydrogen-bond acceptors (Lipinski definition) is 4. The lowest BCUT2D eigenvalue weighted by molar-refractivity contribution is -0.134. The average Bonchev–Trinajstić information content (AvgIpc) is 3.11. The van der Waals surface area contributed by atoms with Gasteiger partial charge in [0.25, 0.3) is 5.91 Å². The third-order valence-electron chi connectivity index (χ3n) is 6.21. The van der Waals surface area contributed by atoms with Crippen molar-refractivity contribution in [2.24, 2.45) is 16.7 Å². The van der Waals surface area contributed by atoms with E-state index in [9.17, 15) is 9.59 Å². The summed E-state index contributed by atoms with van der Waals surface area (Å²) in [6.45, 7) is 8.67. The maximum Gasteiger partial charge on any atom is 0.287 e. The molecule has 1 N–H and O–H groups in total. The van der Waals surface area contributed by atoms with Crippen molar-refractivity contribution in [3.05, 3.63) is 30.3 Å². The maximum atomic E-state index is 12.4. The van der Waals surface area contributed by atoms with E-state index in [1.165, 1.54) is 0 Å². The molecule has 0 bridgehead atoms. The van der Waals surface area contributed by atoms with E-state index >= 15 is 0 Å². The van der Waals surface area contributed by atoms with Gasteiger partial charge in [-0.3, -0.25) is 14.6 Å². The number of fused-ring (bicyclic) bond motifs is 1. The Labute approximate surface area is 165 Å². The predicted octanol–water partition coefficient (Wildman–Crippen LogP) is 3.62. The number of furan rings is 1. The summed E-state index contributed by atoms with van der Waals surface area (Å²) in [5.74, 6) is 0.936. The number of pyridine rings is 1. The summed E-state index contributed by atoms with van der Waals surface area (Å²) in [4.78, 5) is 30.9. The van der Waals surface area contributed by atoms with Gasteiger partial charge >= 0.3 is 0 Å². The zero-order valence-corrected chi connectivity index (χ0v) is 17.0. The van der Waals surface area contributed by atoms with Crippen molar-refractivity contribution in [1.82, 2.24) is 15.2 Å². The second-order valence-corrected chi connectivity index (χ2v) is 9.62. The van der Waals surface area contributed by atoms with Gasteiger partial charge in [0.15, 0.2) is 11.3 Å². The molecule has 1 spiro atoms. The number of hydrogen-bond donors (Lipinski definition) is 1. The third kappa shape index (κ3) is 3.91. The summed E-state index contributed by atoms with van der Waals surface area (Å²) >= 11 is 0. The van der Waals surface area contributed by atoms with Crippen LogP contribution in [0.2, 0.25) is 0 Å². The van der Waals surface area contributed by atoms with Crippen LogP contribution in [0, 0.1) is 16.7 Å². The molecule has 1 saturated heterocycles. The Morgan fingerprint density at radius 3 is 2.75 bits per heavy atom. The lowest BCUT2D eigenvalue weighted by Gasteiger charge is -2.34. The molecule has 2 aromatic heterocycles. The fourth-order valence-corrected chi connectivity index (χ4v) is 4.40. The van der Waals surface area contributed by atoms with Crippen LogP contribution >= 0.6 is 0 Å². The first-order valence-corrected chi connectivity index (χ1v) is 10.2. The van der Waals surface area contributed by atoms with E-state index in [4.69, 9.17) is 4.42 Å². The largest absolute Gasteiger partial charge is 0.449 e. The molecule has 0 radical (unpaired) electrons. The molecule has 150 valence electrons. The highest BCUT2D eigenvalue weighted by molar-refractivity contribution is 5.95. The van der Waals surface area contributed by atoms with Gasteiger partial charge in [0.2, 0.25) is 5.91 Å². The van der Waals surface area contributed by atoms with E-state index in [-0.39, 0.29) is 17.2 Å². The number of amides is 2. The number of aromatic nitrogens is 1. The minimum absolute atomic E-state index is 0.0331. The molecule has 2 aromatic rings. The summed E-state index contributed by atoms with van der Waals surface area (Å²) in [5.41, 5.74) is 0.970. The van der Waals surface area contributed by atoms with Crippen LogP contribution in [0.5, 0.6) is 0 Å². The highest BCUT2D eigenvalue weighted by Gasteiger charge is 2.54. The summed E-state index contributed by atoms with van der Waals surface area (Å²) < 4.78 is 5.58. The van der Waals surface area contributed by atoms with Crippen molar-refractivity contribution >= 4 is 22.8 Å². The van der Waals surface area contributed by atoms with Gasteiger partial charge in [-0.1, -0.05) is 20.8 Å². The van der Waals surface area contributed by atoms with Crippen molar-refractivity contribution in [3.63, 3.8) is 0 Å². The van der Waals surface area contributed by atoms with Gasteiger partial charge in [-0.15, -0.1) is 0 Å². The minimum atomic E-state index is -0.170. The molecule has 1 unspecified atom stereocenters. The van der Waals surface area contributed by atoms with E-state index in [0.717, 1.165) is 37.7 Å². The van der Waals surface area contributed by atoms with Gasteiger partial charge in [0.1, 0.15) is 0 Å². The molecule has 3 heterocycles. The number of rotatable bonds is 4. The number of likely N-dealkylation sites (tertiary alicyclic amines) is 1. The van der Waals surface area contributed by atoms with Crippen molar-refractivity contribution < 1.29 is 14.0 Å². The fourth-order valence-electron chi connectivity index (χ4n) is 4.40. The maximum absolute atomic E-state index is 12.4. The molecule has 4 rings (SSSR count).